The number of carbonyl (C=O) groups is 1. The van der Waals surface area contributed by atoms with Gasteiger partial charge in [-0.3, -0.25) is 4.79 Å². The molecule has 0 aromatic heterocycles. The zero-order valence-electron chi connectivity index (χ0n) is 14.2. The molecule has 126 valence electrons. The number of aryl methyl sites for hydroxylation is 2. The molecule has 24 heavy (non-hydrogen) atoms. The molecule has 0 heterocycles. The molecule has 0 spiro atoms. The molecule has 0 bridgehead atoms. The highest BCUT2D eigenvalue weighted by Gasteiger charge is 2.18. The van der Waals surface area contributed by atoms with Gasteiger partial charge in [0, 0.05) is 0 Å². The second kappa shape index (κ2) is 7.39. The van der Waals surface area contributed by atoms with Crippen molar-refractivity contribution in [3.63, 3.8) is 0 Å². The number of ether oxygens (including phenoxy) is 2. The largest absolute Gasteiger partial charge is 0.492 e. The Morgan fingerprint density at radius 2 is 1.96 bits per heavy atom. The van der Waals surface area contributed by atoms with E-state index in [1.54, 1.807) is 6.92 Å². The fraction of sp³-hybridized carbons (Fsp3) is 0.350. The van der Waals surface area contributed by atoms with Crippen molar-refractivity contribution < 1.29 is 14.3 Å². The van der Waals surface area contributed by atoms with Crippen molar-refractivity contribution in [3.05, 3.63) is 53.6 Å². The van der Waals surface area contributed by atoms with Crippen molar-refractivity contribution in [2.24, 2.45) is 0 Å². The Labute approximate surface area is 142 Å². The summed E-state index contributed by atoms with van der Waals surface area (Å²) < 4.78 is 11.4. The normalized spacial score (nSPS) is 13.9. The standard InChI is InChI=1S/C20H23NO3/c1-3-23-19-10-5-4-9-18(19)21-20(22)14(2)24-17-12-11-15-7-6-8-16(15)13-17/h4-5,9-14H,3,6-8H2,1-2H3,(H,21,22)/t14-/m0/s1. The summed E-state index contributed by atoms with van der Waals surface area (Å²) in [5.41, 5.74) is 3.39. The summed E-state index contributed by atoms with van der Waals surface area (Å²) in [6.07, 6.45) is 2.84. The molecular formula is C20H23NO3. The minimum Gasteiger partial charge on any atom is -0.492 e. The predicted octanol–water partition coefficient (Wildman–Crippen LogP) is 3.98. The van der Waals surface area contributed by atoms with Gasteiger partial charge < -0.3 is 14.8 Å². The molecule has 2 aromatic rings. The van der Waals surface area contributed by atoms with E-state index in [1.165, 1.54) is 17.5 Å². The van der Waals surface area contributed by atoms with Crippen LogP contribution in [0.3, 0.4) is 0 Å². The summed E-state index contributed by atoms with van der Waals surface area (Å²) in [4.78, 5) is 12.4. The average molecular weight is 325 g/mol. The van der Waals surface area contributed by atoms with Crippen LogP contribution in [-0.2, 0) is 17.6 Å². The van der Waals surface area contributed by atoms with E-state index < -0.39 is 6.10 Å². The first-order valence-electron chi connectivity index (χ1n) is 8.48. The van der Waals surface area contributed by atoms with E-state index in [1.807, 2.05) is 37.3 Å². The van der Waals surface area contributed by atoms with Crippen LogP contribution in [0.25, 0.3) is 0 Å². The highest BCUT2D eigenvalue weighted by Crippen LogP contribution is 2.27. The Morgan fingerprint density at radius 3 is 2.79 bits per heavy atom. The van der Waals surface area contributed by atoms with E-state index in [4.69, 9.17) is 9.47 Å². The van der Waals surface area contributed by atoms with Crippen molar-refractivity contribution in [1.82, 2.24) is 0 Å². The van der Waals surface area contributed by atoms with E-state index in [-0.39, 0.29) is 5.91 Å². The van der Waals surface area contributed by atoms with Crippen molar-refractivity contribution in [2.75, 3.05) is 11.9 Å². The third kappa shape index (κ3) is 3.70. The fourth-order valence-corrected chi connectivity index (χ4v) is 2.96. The number of para-hydroxylation sites is 2. The maximum atomic E-state index is 12.4. The number of anilines is 1. The third-order valence-corrected chi connectivity index (χ3v) is 4.20. The van der Waals surface area contributed by atoms with Crippen molar-refractivity contribution in [1.29, 1.82) is 0 Å². The van der Waals surface area contributed by atoms with Crippen LogP contribution in [0, 0.1) is 0 Å². The first-order chi connectivity index (χ1) is 11.7. The van der Waals surface area contributed by atoms with E-state index >= 15 is 0 Å². The van der Waals surface area contributed by atoms with Crippen LogP contribution in [0.4, 0.5) is 5.69 Å². The second-order valence-electron chi connectivity index (χ2n) is 5.96. The zero-order chi connectivity index (χ0) is 16.9. The summed E-state index contributed by atoms with van der Waals surface area (Å²) in [7, 11) is 0. The molecule has 1 aliphatic rings. The summed E-state index contributed by atoms with van der Waals surface area (Å²) in [5.74, 6) is 1.22. The molecule has 4 heteroatoms. The maximum Gasteiger partial charge on any atom is 0.265 e. The van der Waals surface area contributed by atoms with Crippen LogP contribution in [0.2, 0.25) is 0 Å². The number of amides is 1. The lowest BCUT2D eigenvalue weighted by Crippen LogP contribution is -2.30. The number of fused-ring (bicyclic) bond motifs is 1. The molecule has 0 fully saturated rings. The zero-order valence-corrected chi connectivity index (χ0v) is 14.2. The van der Waals surface area contributed by atoms with Gasteiger partial charge in [-0.05, 0) is 68.5 Å². The Hall–Kier alpha value is -2.49. The molecule has 4 nitrogen and oxygen atoms in total. The number of benzene rings is 2. The highest BCUT2D eigenvalue weighted by atomic mass is 16.5. The van der Waals surface area contributed by atoms with Crippen molar-refractivity contribution in [2.45, 2.75) is 39.2 Å². The molecule has 0 unspecified atom stereocenters. The van der Waals surface area contributed by atoms with Crippen LogP contribution in [0.15, 0.2) is 42.5 Å². The topological polar surface area (TPSA) is 47.6 Å². The van der Waals surface area contributed by atoms with Crippen LogP contribution in [0.5, 0.6) is 11.5 Å². The van der Waals surface area contributed by atoms with E-state index in [2.05, 4.69) is 17.4 Å². The fourth-order valence-electron chi connectivity index (χ4n) is 2.96. The third-order valence-electron chi connectivity index (χ3n) is 4.20. The second-order valence-corrected chi connectivity index (χ2v) is 5.96. The first kappa shape index (κ1) is 16.4. The van der Waals surface area contributed by atoms with E-state index in [9.17, 15) is 4.79 Å². The van der Waals surface area contributed by atoms with E-state index in [0.717, 1.165) is 18.6 Å². The lowest BCUT2D eigenvalue weighted by molar-refractivity contribution is -0.122. The van der Waals surface area contributed by atoms with Crippen molar-refractivity contribution >= 4 is 11.6 Å². The molecule has 3 rings (SSSR count). The Bertz CT molecular complexity index is 727. The summed E-state index contributed by atoms with van der Waals surface area (Å²) in [6, 6.07) is 13.5. The van der Waals surface area contributed by atoms with Gasteiger partial charge in [0.1, 0.15) is 11.5 Å². The minimum atomic E-state index is -0.584. The van der Waals surface area contributed by atoms with E-state index in [0.29, 0.717) is 18.0 Å². The van der Waals surface area contributed by atoms with Gasteiger partial charge in [-0.15, -0.1) is 0 Å². The summed E-state index contributed by atoms with van der Waals surface area (Å²) in [6.45, 7) is 4.22. The Kier molecular flexibility index (Phi) is 5.04. The SMILES string of the molecule is CCOc1ccccc1NC(=O)[C@H](C)Oc1ccc2c(c1)CCC2. The maximum absolute atomic E-state index is 12.4. The van der Waals surface area contributed by atoms with Crippen LogP contribution in [-0.4, -0.2) is 18.6 Å². The molecular weight excluding hydrogens is 302 g/mol. The molecule has 0 aliphatic heterocycles. The number of hydrogen-bond acceptors (Lipinski definition) is 3. The summed E-state index contributed by atoms with van der Waals surface area (Å²) in [5, 5.41) is 2.88. The number of hydrogen-bond donors (Lipinski definition) is 1. The lowest BCUT2D eigenvalue weighted by Gasteiger charge is -2.17. The van der Waals surface area contributed by atoms with Gasteiger partial charge in [0.05, 0.1) is 12.3 Å². The minimum absolute atomic E-state index is 0.192. The van der Waals surface area contributed by atoms with Crippen LogP contribution in [0.1, 0.15) is 31.4 Å². The molecule has 2 aromatic carbocycles. The van der Waals surface area contributed by atoms with Gasteiger partial charge in [0.25, 0.3) is 5.91 Å². The predicted molar refractivity (Wildman–Crippen MR) is 94.8 cm³/mol. The quantitative estimate of drug-likeness (QED) is 0.874. The smallest absolute Gasteiger partial charge is 0.265 e. The van der Waals surface area contributed by atoms with Crippen LogP contribution >= 0.6 is 0 Å². The van der Waals surface area contributed by atoms with Crippen LogP contribution < -0.4 is 14.8 Å². The summed E-state index contributed by atoms with van der Waals surface area (Å²) >= 11 is 0. The van der Waals surface area contributed by atoms with Gasteiger partial charge >= 0.3 is 0 Å². The average Bonchev–Trinajstić information content (AvgIpc) is 3.04. The molecule has 0 saturated heterocycles. The first-order valence-corrected chi connectivity index (χ1v) is 8.48. The number of carbonyl (C=O) groups excluding carboxylic acids is 1. The highest BCUT2D eigenvalue weighted by molar-refractivity contribution is 5.95. The van der Waals surface area contributed by atoms with Gasteiger partial charge in [-0.2, -0.15) is 0 Å². The molecule has 1 aliphatic carbocycles. The molecule has 0 radical (unpaired) electrons. The number of nitrogens with one attached hydrogen (secondary N) is 1. The van der Waals surface area contributed by atoms with Gasteiger partial charge in [0.15, 0.2) is 6.10 Å². The number of rotatable bonds is 6. The Morgan fingerprint density at radius 1 is 1.17 bits per heavy atom. The molecule has 1 amide bonds. The van der Waals surface area contributed by atoms with Gasteiger partial charge in [-0.25, -0.2) is 0 Å². The molecule has 1 atom stereocenters. The van der Waals surface area contributed by atoms with Gasteiger partial charge in [-0.1, -0.05) is 18.2 Å². The Balaban J connectivity index is 1.65. The lowest BCUT2D eigenvalue weighted by atomic mass is 10.1. The molecule has 1 N–H and O–H groups in total. The van der Waals surface area contributed by atoms with Crippen molar-refractivity contribution in [3.8, 4) is 11.5 Å². The monoisotopic (exact) mass is 325 g/mol. The van der Waals surface area contributed by atoms with Gasteiger partial charge in [0.2, 0.25) is 0 Å². The molecule has 0 saturated carbocycles.